The number of rotatable bonds is 0. The number of aryl methyl sites for hydroxylation is 1. The van der Waals surface area contributed by atoms with E-state index in [1.807, 2.05) is 6.20 Å². The molecule has 0 bridgehead atoms. The summed E-state index contributed by atoms with van der Waals surface area (Å²) in [5.74, 6) is 0. The smallest absolute Gasteiger partial charge is 0.124 e. The van der Waals surface area contributed by atoms with Gasteiger partial charge in [0.15, 0.2) is 0 Å². The zero-order chi connectivity index (χ0) is 10.4. The summed E-state index contributed by atoms with van der Waals surface area (Å²) in [5, 5.41) is 2.62. The predicted molar refractivity (Wildman–Crippen MR) is 74.6 cm³/mol. The summed E-state index contributed by atoms with van der Waals surface area (Å²) in [6.07, 6.45) is 1.92. The molecule has 0 aliphatic heterocycles. The molecule has 1 nitrogen and oxygen atoms in total. The lowest BCUT2D eigenvalue weighted by Crippen LogP contribution is -1.75. The molecule has 0 unspecified atom stereocenters. The number of nitrogens with zero attached hydrogens (tertiary/aromatic N) is 1. The largest absolute Gasteiger partial charge is 0.244 e. The Hall–Kier alpha value is -0.680. The van der Waals surface area contributed by atoms with Gasteiger partial charge in [-0.2, -0.15) is 0 Å². The van der Waals surface area contributed by atoms with Crippen LogP contribution in [0, 0.1) is 10.5 Å². The summed E-state index contributed by atoms with van der Waals surface area (Å²) in [6.45, 7) is 2.13. The van der Waals surface area contributed by atoms with Crippen LogP contribution in [-0.4, -0.2) is 4.98 Å². The molecule has 0 saturated heterocycles. The predicted octanol–water partition coefficient (Wildman–Crippen LogP) is 4.36. The van der Waals surface area contributed by atoms with Crippen molar-refractivity contribution in [3.63, 3.8) is 0 Å². The third kappa shape index (κ3) is 1.54. The van der Waals surface area contributed by atoms with E-state index in [0.717, 1.165) is 4.83 Å². The number of thiophene rings is 1. The second kappa shape index (κ2) is 3.42. The molecule has 74 valence electrons. The fraction of sp³-hybridized carbons (Fsp3) is 0.0833. The molecule has 0 aliphatic carbocycles. The normalized spacial score (nSPS) is 11.3. The Bertz CT molecular complexity index is 601. The summed E-state index contributed by atoms with van der Waals surface area (Å²) in [5.41, 5.74) is 1.31. The van der Waals surface area contributed by atoms with E-state index in [2.05, 4.69) is 58.8 Å². The SMILES string of the molecule is Cc1ccc2sc3ncc(I)cc3c2c1. The number of hydrogen-bond donors (Lipinski definition) is 0. The van der Waals surface area contributed by atoms with Crippen LogP contribution < -0.4 is 0 Å². The molecule has 0 atom stereocenters. The van der Waals surface area contributed by atoms with Crippen LogP contribution in [0.1, 0.15) is 5.56 Å². The van der Waals surface area contributed by atoms with E-state index in [-0.39, 0.29) is 0 Å². The van der Waals surface area contributed by atoms with Gasteiger partial charge in [-0.15, -0.1) is 11.3 Å². The van der Waals surface area contributed by atoms with Gasteiger partial charge in [0, 0.05) is 25.2 Å². The maximum atomic E-state index is 4.46. The first-order chi connectivity index (χ1) is 7.24. The van der Waals surface area contributed by atoms with Crippen LogP contribution >= 0.6 is 33.9 Å². The highest BCUT2D eigenvalue weighted by molar-refractivity contribution is 14.1. The quantitative estimate of drug-likeness (QED) is 0.560. The van der Waals surface area contributed by atoms with Crippen LogP contribution in [0.3, 0.4) is 0 Å². The topological polar surface area (TPSA) is 12.9 Å². The fourth-order valence-corrected chi connectivity index (χ4v) is 3.21. The van der Waals surface area contributed by atoms with Gasteiger partial charge in [0.1, 0.15) is 4.83 Å². The summed E-state index contributed by atoms with van der Waals surface area (Å²) in [6, 6.07) is 8.79. The van der Waals surface area contributed by atoms with Crippen LogP contribution in [0.25, 0.3) is 20.3 Å². The molecule has 0 saturated carbocycles. The third-order valence-corrected chi connectivity index (χ3v) is 4.13. The van der Waals surface area contributed by atoms with Crippen molar-refractivity contribution in [3.05, 3.63) is 39.6 Å². The lowest BCUT2D eigenvalue weighted by Gasteiger charge is -1.94. The van der Waals surface area contributed by atoms with E-state index < -0.39 is 0 Å². The number of aromatic nitrogens is 1. The van der Waals surface area contributed by atoms with Gasteiger partial charge in [-0.05, 0) is 47.7 Å². The van der Waals surface area contributed by atoms with E-state index in [1.54, 1.807) is 11.3 Å². The Morgan fingerprint density at radius 1 is 1.20 bits per heavy atom. The van der Waals surface area contributed by atoms with Gasteiger partial charge in [-0.1, -0.05) is 11.6 Å². The van der Waals surface area contributed by atoms with Crippen molar-refractivity contribution < 1.29 is 0 Å². The van der Waals surface area contributed by atoms with Crippen LogP contribution in [-0.2, 0) is 0 Å². The Morgan fingerprint density at radius 3 is 2.93 bits per heavy atom. The molecule has 2 aromatic heterocycles. The number of fused-ring (bicyclic) bond motifs is 3. The highest BCUT2D eigenvalue weighted by atomic mass is 127. The number of pyridine rings is 1. The van der Waals surface area contributed by atoms with Crippen LogP contribution in [0.15, 0.2) is 30.5 Å². The highest BCUT2D eigenvalue weighted by Gasteiger charge is 2.05. The summed E-state index contributed by atoms with van der Waals surface area (Å²) in [7, 11) is 0. The van der Waals surface area contributed by atoms with E-state index in [0.29, 0.717) is 0 Å². The van der Waals surface area contributed by atoms with Crippen LogP contribution in [0.2, 0.25) is 0 Å². The molecule has 0 fully saturated rings. The highest BCUT2D eigenvalue weighted by Crippen LogP contribution is 2.33. The van der Waals surface area contributed by atoms with E-state index in [9.17, 15) is 0 Å². The molecule has 15 heavy (non-hydrogen) atoms. The Labute approximate surface area is 105 Å². The van der Waals surface area contributed by atoms with Gasteiger partial charge in [0.05, 0.1) is 0 Å². The monoisotopic (exact) mass is 325 g/mol. The molecule has 2 heterocycles. The number of benzene rings is 1. The van der Waals surface area contributed by atoms with E-state index >= 15 is 0 Å². The van der Waals surface area contributed by atoms with Crippen molar-refractivity contribution in [1.29, 1.82) is 0 Å². The molecular weight excluding hydrogens is 317 g/mol. The van der Waals surface area contributed by atoms with Gasteiger partial charge in [-0.25, -0.2) is 4.98 Å². The molecule has 0 amide bonds. The van der Waals surface area contributed by atoms with Gasteiger partial charge in [0.2, 0.25) is 0 Å². The van der Waals surface area contributed by atoms with Gasteiger partial charge in [-0.3, -0.25) is 0 Å². The van der Waals surface area contributed by atoms with Crippen molar-refractivity contribution >= 4 is 54.2 Å². The molecule has 0 N–H and O–H groups in total. The van der Waals surface area contributed by atoms with Crippen LogP contribution in [0.4, 0.5) is 0 Å². The molecule has 3 rings (SSSR count). The maximum absolute atomic E-state index is 4.46. The Morgan fingerprint density at radius 2 is 2.07 bits per heavy atom. The average Bonchev–Trinajstić information content (AvgIpc) is 2.56. The van der Waals surface area contributed by atoms with Crippen molar-refractivity contribution in [2.24, 2.45) is 0 Å². The summed E-state index contributed by atoms with van der Waals surface area (Å²) < 4.78 is 2.52. The maximum Gasteiger partial charge on any atom is 0.124 e. The summed E-state index contributed by atoms with van der Waals surface area (Å²) >= 11 is 4.07. The Balaban J connectivity index is 2.55. The molecule has 1 aromatic carbocycles. The van der Waals surface area contributed by atoms with Gasteiger partial charge in [0.25, 0.3) is 0 Å². The van der Waals surface area contributed by atoms with E-state index in [1.165, 1.54) is 24.6 Å². The second-order valence-corrected chi connectivity index (χ2v) is 5.88. The molecule has 0 radical (unpaired) electrons. The molecule has 3 aromatic rings. The minimum Gasteiger partial charge on any atom is -0.244 e. The minimum atomic E-state index is 1.14. The van der Waals surface area contributed by atoms with Crippen molar-refractivity contribution in [2.45, 2.75) is 6.92 Å². The van der Waals surface area contributed by atoms with Crippen LogP contribution in [0.5, 0.6) is 0 Å². The van der Waals surface area contributed by atoms with Gasteiger partial charge < -0.3 is 0 Å². The molecule has 0 spiro atoms. The Kier molecular flexibility index (Phi) is 2.17. The zero-order valence-electron chi connectivity index (χ0n) is 8.12. The second-order valence-electron chi connectivity index (χ2n) is 3.61. The standard InChI is InChI=1S/C12H8INS/c1-7-2-3-11-9(4-7)10-5-8(13)6-14-12(10)15-11/h2-6H,1H3. The third-order valence-electron chi connectivity index (χ3n) is 2.45. The summed E-state index contributed by atoms with van der Waals surface area (Å²) in [4.78, 5) is 5.59. The lowest BCUT2D eigenvalue weighted by atomic mass is 10.1. The molecular formula is C12H8INS. The number of hydrogen-bond acceptors (Lipinski definition) is 2. The number of halogens is 1. The van der Waals surface area contributed by atoms with Gasteiger partial charge >= 0.3 is 0 Å². The first kappa shape index (κ1) is 9.54. The fourth-order valence-electron chi connectivity index (χ4n) is 1.75. The van der Waals surface area contributed by atoms with Crippen molar-refractivity contribution in [2.75, 3.05) is 0 Å². The average molecular weight is 325 g/mol. The minimum absolute atomic E-state index is 1.14. The first-order valence-corrected chi connectivity index (χ1v) is 6.58. The zero-order valence-corrected chi connectivity index (χ0v) is 11.1. The van der Waals surface area contributed by atoms with Crippen molar-refractivity contribution in [3.8, 4) is 0 Å². The lowest BCUT2D eigenvalue weighted by molar-refractivity contribution is 1.42. The van der Waals surface area contributed by atoms with E-state index in [4.69, 9.17) is 0 Å². The molecule has 3 heteroatoms. The first-order valence-electron chi connectivity index (χ1n) is 4.68. The van der Waals surface area contributed by atoms with Crippen molar-refractivity contribution in [1.82, 2.24) is 4.98 Å². The molecule has 0 aliphatic rings.